The number of hydrogen-bond acceptors (Lipinski definition) is 3. The lowest BCUT2D eigenvalue weighted by Gasteiger charge is -2.36. The molecular formula is C22H30ClN3O. The summed E-state index contributed by atoms with van der Waals surface area (Å²) in [6.07, 6.45) is 11.8. The Morgan fingerprint density at radius 3 is 2.74 bits per heavy atom. The fourth-order valence-electron chi connectivity index (χ4n) is 4.62. The number of amides is 1. The largest absolute Gasteiger partial charge is 0.374 e. The van der Waals surface area contributed by atoms with Gasteiger partial charge in [0.1, 0.15) is 5.70 Å². The first-order valence-electron chi connectivity index (χ1n) is 9.95. The molecule has 2 atom stereocenters. The second-order valence-corrected chi connectivity index (χ2v) is 7.75. The van der Waals surface area contributed by atoms with Gasteiger partial charge in [-0.3, -0.25) is 4.79 Å². The van der Waals surface area contributed by atoms with Crippen molar-refractivity contribution in [3.63, 3.8) is 0 Å². The van der Waals surface area contributed by atoms with Crippen LogP contribution in [0.25, 0.3) is 0 Å². The number of piperidine rings is 1. The number of halogens is 1. The molecule has 4 nitrogen and oxygen atoms in total. The molecule has 2 aliphatic heterocycles. The van der Waals surface area contributed by atoms with Crippen molar-refractivity contribution in [2.75, 3.05) is 20.1 Å². The lowest BCUT2D eigenvalue weighted by atomic mass is 9.86. The van der Waals surface area contributed by atoms with Gasteiger partial charge < -0.3 is 15.5 Å². The van der Waals surface area contributed by atoms with E-state index in [1.165, 1.54) is 11.1 Å². The maximum absolute atomic E-state index is 13.2. The third-order valence-electron chi connectivity index (χ3n) is 6.15. The SMILES string of the molecule is CN(C(=O)C1=CC=CC(C2CCNCC2)N1)C1CCCc2ccccc21.Cl. The van der Waals surface area contributed by atoms with Gasteiger partial charge in [0.05, 0.1) is 6.04 Å². The molecule has 27 heavy (non-hydrogen) atoms. The van der Waals surface area contributed by atoms with E-state index in [1.54, 1.807) is 0 Å². The molecule has 0 spiro atoms. The molecule has 1 amide bonds. The zero-order valence-electron chi connectivity index (χ0n) is 16.0. The van der Waals surface area contributed by atoms with Crippen LogP contribution in [0.3, 0.4) is 0 Å². The third-order valence-corrected chi connectivity index (χ3v) is 6.15. The molecule has 1 aromatic rings. The minimum atomic E-state index is 0. The first kappa shape index (κ1) is 20.0. The molecule has 0 radical (unpaired) electrons. The van der Waals surface area contributed by atoms with E-state index in [0.717, 1.165) is 50.9 Å². The molecule has 1 aromatic carbocycles. The summed E-state index contributed by atoms with van der Waals surface area (Å²) in [7, 11) is 1.95. The Labute approximate surface area is 168 Å². The molecule has 2 heterocycles. The Kier molecular flexibility index (Phi) is 6.61. The predicted molar refractivity (Wildman–Crippen MR) is 112 cm³/mol. The van der Waals surface area contributed by atoms with Crippen LogP contribution in [0.1, 0.15) is 42.9 Å². The second kappa shape index (κ2) is 8.94. The highest BCUT2D eigenvalue weighted by Crippen LogP contribution is 2.34. The molecular weight excluding hydrogens is 358 g/mol. The van der Waals surface area contributed by atoms with Gasteiger partial charge in [-0.1, -0.05) is 36.4 Å². The highest BCUT2D eigenvalue weighted by molar-refractivity contribution is 5.93. The van der Waals surface area contributed by atoms with Crippen molar-refractivity contribution in [2.24, 2.45) is 5.92 Å². The maximum atomic E-state index is 13.2. The summed E-state index contributed by atoms with van der Waals surface area (Å²) in [4.78, 5) is 15.1. The Hall–Kier alpha value is -1.78. The van der Waals surface area contributed by atoms with Gasteiger partial charge in [0.2, 0.25) is 0 Å². The Balaban J connectivity index is 0.00000210. The zero-order chi connectivity index (χ0) is 17.9. The van der Waals surface area contributed by atoms with Gasteiger partial charge in [-0.15, -0.1) is 12.4 Å². The number of likely N-dealkylation sites (N-methyl/N-ethyl adjacent to an activating group) is 1. The van der Waals surface area contributed by atoms with Crippen LogP contribution in [0, 0.1) is 5.92 Å². The van der Waals surface area contributed by atoms with Crippen molar-refractivity contribution in [3.05, 3.63) is 59.3 Å². The molecule has 1 fully saturated rings. The first-order valence-corrected chi connectivity index (χ1v) is 9.95. The van der Waals surface area contributed by atoms with Crippen molar-refractivity contribution in [1.29, 1.82) is 0 Å². The Morgan fingerprint density at radius 1 is 1.15 bits per heavy atom. The molecule has 5 heteroatoms. The van der Waals surface area contributed by atoms with Crippen LogP contribution < -0.4 is 10.6 Å². The van der Waals surface area contributed by atoms with Crippen molar-refractivity contribution in [1.82, 2.24) is 15.5 Å². The van der Waals surface area contributed by atoms with Crippen LogP contribution in [-0.2, 0) is 11.2 Å². The molecule has 2 N–H and O–H groups in total. The molecule has 3 aliphatic rings. The molecule has 1 aliphatic carbocycles. The summed E-state index contributed by atoms with van der Waals surface area (Å²) in [5, 5.41) is 6.94. The van der Waals surface area contributed by atoms with Gasteiger partial charge in [-0.2, -0.15) is 0 Å². The van der Waals surface area contributed by atoms with Crippen LogP contribution in [0.4, 0.5) is 0 Å². The fraction of sp³-hybridized carbons (Fsp3) is 0.500. The number of dihydropyridines is 1. The molecule has 146 valence electrons. The zero-order valence-corrected chi connectivity index (χ0v) is 16.8. The van der Waals surface area contributed by atoms with Crippen LogP contribution in [0.5, 0.6) is 0 Å². The second-order valence-electron chi connectivity index (χ2n) is 7.75. The Bertz CT molecular complexity index is 724. The number of fused-ring (bicyclic) bond motifs is 1. The number of hydrogen-bond donors (Lipinski definition) is 2. The van der Waals surface area contributed by atoms with Gasteiger partial charge >= 0.3 is 0 Å². The number of nitrogens with one attached hydrogen (secondary N) is 2. The van der Waals surface area contributed by atoms with E-state index in [9.17, 15) is 4.79 Å². The number of rotatable bonds is 3. The normalized spacial score (nSPS) is 24.9. The summed E-state index contributed by atoms with van der Waals surface area (Å²) in [5.74, 6) is 0.708. The van der Waals surface area contributed by atoms with E-state index >= 15 is 0 Å². The van der Waals surface area contributed by atoms with Crippen molar-refractivity contribution in [3.8, 4) is 0 Å². The van der Waals surface area contributed by atoms with Gasteiger partial charge in [0.25, 0.3) is 5.91 Å². The van der Waals surface area contributed by atoms with Crippen molar-refractivity contribution >= 4 is 18.3 Å². The number of allylic oxidation sites excluding steroid dienone is 2. The third kappa shape index (κ3) is 4.22. The molecule has 0 bridgehead atoms. The molecule has 4 rings (SSSR count). The van der Waals surface area contributed by atoms with E-state index in [-0.39, 0.29) is 30.4 Å². The van der Waals surface area contributed by atoms with Gasteiger partial charge in [-0.25, -0.2) is 0 Å². The van der Waals surface area contributed by atoms with Crippen molar-refractivity contribution < 1.29 is 4.79 Å². The maximum Gasteiger partial charge on any atom is 0.270 e. The number of carbonyl (C=O) groups excluding carboxylic acids is 1. The molecule has 2 unspecified atom stereocenters. The summed E-state index contributed by atoms with van der Waals surface area (Å²) in [6, 6.07) is 9.02. The monoisotopic (exact) mass is 387 g/mol. The minimum absolute atomic E-state index is 0. The van der Waals surface area contributed by atoms with E-state index in [2.05, 4.69) is 47.1 Å². The lowest BCUT2D eigenvalue weighted by molar-refractivity contribution is -0.128. The molecule has 1 saturated heterocycles. The minimum Gasteiger partial charge on any atom is -0.374 e. The van der Waals surface area contributed by atoms with E-state index < -0.39 is 0 Å². The van der Waals surface area contributed by atoms with Crippen LogP contribution in [0.2, 0.25) is 0 Å². The standard InChI is InChI=1S/C22H29N3O.ClH/c1-25(21-11-4-7-16-6-2-3-8-18(16)21)22(26)20-10-5-9-19(24-20)17-12-14-23-15-13-17;/h2-3,5-6,8-10,17,19,21,23-24H,4,7,11-15H2,1H3;1H. The van der Waals surface area contributed by atoms with Crippen LogP contribution in [-0.4, -0.2) is 37.0 Å². The first-order chi connectivity index (χ1) is 12.7. The lowest BCUT2D eigenvalue weighted by Crippen LogP contribution is -2.45. The number of benzene rings is 1. The Morgan fingerprint density at radius 2 is 1.93 bits per heavy atom. The summed E-state index contributed by atoms with van der Waals surface area (Å²) in [5.41, 5.74) is 3.44. The van der Waals surface area contributed by atoms with E-state index in [0.29, 0.717) is 5.92 Å². The van der Waals surface area contributed by atoms with E-state index in [1.807, 2.05) is 18.0 Å². The average molecular weight is 388 g/mol. The highest BCUT2D eigenvalue weighted by atomic mass is 35.5. The average Bonchev–Trinajstić information content (AvgIpc) is 2.73. The van der Waals surface area contributed by atoms with Gasteiger partial charge in [-0.05, 0) is 68.3 Å². The van der Waals surface area contributed by atoms with Crippen LogP contribution in [0.15, 0.2) is 48.2 Å². The summed E-state index contributed by atoms with van der Waals surface area (Å²) in [6.45, 7) is 2.14. The van der Waals surface area contributed by atoms with Gasteiger partial charge in [0.15, 0.2) is 0 Å². The predicted octanol–water partition coefficient (Wildman–Crippen LogP) is 3.36. The molecule has 0 aromatic heterocycles. The van der Waals surface area contributed by atoms with Crippen LogP contribution >= 0.6 is 12.4 Å². The van der Waals surface area contributed by atoms with Crippen molar-refractivity contribution in [2.45, 2.75) is 44.2 Å². The number of carbonyl (C=O) groups is 1. The molecule has 0 saturated carbocycles. The fourth-order valence-corrected chi connectivity index (χ4v) is 4.62. The quantitative estimate of drug-likeness (QED) is 0.835. The number of aryl methyl sites for hydroxylation is 1. The smallest absolute Gasteiger partial charge is 0.270 e. The van der Waals surface area contributed by atoms with Gasteiger partial charge in [0, 0.05) is 13.1 Å². The summed E-state index contributed by atoms with van der Waals surface area (Å²) >= 11 is 0. The number of nitrogens with zero attached hydrogens (tertiary/aromatic N) is 1. The summed E-state index contributed by atoms with van der Waals surface area (Å²) < 4.78 is 0. The van der Waals surface area contributed by atoms with E-state index in [4.69, 9.17) is 0 Å². The topological polar surface area (TPSA) is 44.4 Å². The highest BCUT2D eigenvalue weighted by Gasteiger charge is 2.30.